The van der Waals surface area contributed by atoms with Crippen molar-refractivity contribution in [3.63, 3.8) is 0 Å². The zero-order valence-electron chi connectivity index (χ0n) is 9.94. The van der Waals surface area contributed by atoms with Crippen LogP contribution in [0.1, 0.15) is 34.6 Å². The van der Waals surface area contributed by atoms with E-state index in [2.05, 4.69) is 51.9 Å². The Balaban J connectivity index is 0.000000175. The van der Waals surface area contributed by atoms with Crippen molar-refractivity contribution in [2.75, 3.05) is 20.1 Å². The Morgan fingerprint density at radius 2 is 1.62 bits per heavy atom. The van der Waals surface area contributed by atoms with Crippen LogP contribution in [0, 0.1) is 5.41 Å². The maximum absolute atomic E-state index is 3.10. The van der Waals surface area contributed by atoms with Gasteiger partial charge in [-0.25, -0.2) is 0 Å². The number of likely N-dealkylation sites (tertiary alicyclic amines) is 1. The third kappa shape index (κ3) is 2.23. The molecule has 2 saturated heterocycles. The van der Waals surface area contributed by atoms with Gasteiger partial charge in [-0.1, -0.05) is 13.8 Å². The topological polar surface area (TPSA) is 25.2 Å². The Hall–Kier alpha value is -0.0800. The molecule has 13 heavy (non-hydrogen) atoms. The average Bonchev–Trinajstić information content (AvgIpc) is 2.72. The minimum atomic E-state index is 0.410. The molecular weight excluding hydrogens is 160 g/mol. The molecule has 0 aromatic heterocycles. The molecule has 1 N–H and O–H groups in total. The summed E-state index contributed by atoms with van der Waals surface area (Å²) in [6, 6.07) is 0.833. The van der Waals surface area contributed by atoms with E-state index in [-0.39, 0.29) is 0 Å². The lowest BCUT2D eigenvalue weighted by atomic mass is 9.66. The first kappa shape index (κ1) is 11.0. The predicted molar refractivity (Wildman–Crippen MR) is 58.0 cm³/mol. The van der Waals surface area contributed by atoms with E-state index in [1.807, 2.05) is 0 Å². The van der Waals surface area contributed by atoms with Crippen LogP contribution in [0.3, 0.4) is 0 Å². The maximum atomic E-state index is 3.10. The summed E-state index contributed by atoms with van der Waals surface area (Å²) in [5, 5.41) is 3.10. The zero-order chi connectivity index (χ0) is 10.3. The van der Waals surface area contributed by atoms with Gasteiger partial charge in [0.25, 0.3) is 0 Å². The lowest BCUT2D eigenvalue weighted by Crippen LogP contribution is -2.67. The molecule has 1 atom stereocenters. The Morgan fingerprint density at radius 1 is 1.23 bits per heavy atom. The van der Waals surface area contributed by atoms with E-state index in [0.29, 0.717) is 11.0 Å². The van der Waals surface area contributed by atoms with Crippen molar-refractivity contribution in [1.29, 1.82) is 0 Å². The molecule has 2 nitrogen and oxygen atoms in total. The molecule has 2 heterocycles. The summed E-state index contributed by atoms with van der Waals surface area (Å²) in [4.78, 5) is 2.40. The Morgan fingerprint density at radius 3 is 1.62 bits per heavy atom. The van der Waals surface area contributed by atoms with Crippen LogP contribution in [0.2, 0.25) is 0 Å². The molecule has 0 saturated carbocycles. The number of hydrogen-bond acceptors (Lipinski definition) is 2. The van der Waals surface area contributed by atoms with E-state index in [9.17, 15) is 0 Å². The highest BCUT2D eigenvalue weighted by molar-refractivity contribution is 5.04. The van der Waals surface area contributed by atoms with Crippen LogP contribution < -0.4 is 5.32 Å². The number of nitrogens with zero attached hydrogens (tertiary/aromatic N) is 1. The molecular formula is C11H24N2. The van der Waals surface area contributed by atoms with Crippen LogP contribution >= 0.6 is 0 Å². The molecule has 0 bridgehead atoms. The fraction of sp³-hybridized carbons (Fsp3) is 1.00. The molecule has 0 aromatic rings. The summed E-state index contributed by atoms with van der Waals surface area (Å²) in [6.45, 7) is 13.9. The third-order valence-electron chi connectivity index (χ3n) is 3.86. The molecule has 0 aromatic carbocycles. The monoisotopic (exact) mass is 184 g/mol. The lowest BCUT2D eigenvalue weighted by molar-refractivity contribution is -0.0979. The summed E-state index contributed by atoms with van der Waals surface area (Å²) in [5.41, 5.74) is 0.925. The van der Waals surface area contributed by atoms with Crippen molar-refractivity contribution < 1.29 is 0 Å². The summed E-state index contributed by atoms with van der Waals surface area (Å²) in [5.74, 6) is 0. The minimum absolute atomic E-state index is 0.410. The maximum Gasteiger partial charge on any atom is 0.0213 e. The van der Waals surface area contributed by atoms with Gasteiger partial charge in [-0.2, -0.15) is 0 Å². The second-order valence-electron chi connectivity index (χ2n) is 5.61. The van der Waals surface area contributed by atoms with Gasteiger partial charge in [0.15, 0.2) is 0 Å². The Labute approximate surface area is 82.7 Å². The first-order valence-electron chi connectivity index (χ1n) is 5.22. The van der Waals surface area contributed by atoms with Crippen LogP contribution in [0.4, 0.5) is 0 Å². The first-order chi connectivity index (χ1) is 5.77. The van der Waals surface area contributed by atoms with Crippen molar-refractivity contribution >= 4 is 0 Å². The second-order valence-corrected chi connectivity index (χ2v) is 5.61. The average molecular weight is 184 g/mol. The molecule has 2 rings (SSSR count). The highest BCUT2D eigenvalue weighted by Crippen LogP contribution is 2.44. The molecule has 2 heteroatoms. The van der Waals surface area contributed by atoms with Crippen LogP contribution in [-0.4, -0.2) is 36.6 Å². The molecule has 2 aliphatic rings. The van der Waals surface area contributed by atoms with Gasteiger partial charge in [0, 0.05) is 24.7 Å². The molecule has 2 aliphatic heterocycles. The van der Waals surface area contributed by atoms with Gasteiger partial charge in [-0.3, -0.25) is 0 Å². The van der Waals surface area contributed by atoms with Crippen LogP contribution in [0.5, 0.6) is 0 Å². The van der Waals surface area contributed by atoms with Gasteiger partial charge in [0.1, 0.15) is 0 Å². The SMILES string of the molecule is CC1CN1.CN1CC(C)(C)C1(C)C. The fourth-order valence-corrected chi connectivity index (χ4v) is 1.53. The normalized spacial score (nSPS) is 34.2. The van der Waals surface area contributed by atoms with E-state index >= 15 is 0 Å². The summed E-state index contributed by atoms with van der Waals surface area (Å²) >= 11 is 0. The summed E-state index contributed by atoms with van der Waals surface area (Å²) in [7, 11) is 2.19. The molecule has 0 spiro atoms. The summed E-state index contributed by atoms with van der Waals surface area (Å²) in [6.07, 6.45) is 0. The fourth-order valence-electron chi connectivity index (χ4n) is 1.53. The van der Waals surface area contributed by atoms with Gasteiger partial charge in [-0.05, 0) is 33.2 Å². The standard InChI is InChI=1S/C8H17N.C3H7N/c1-7(2)6-9(5)8(7,3)4;1-3-2-4-3/h6H2,1-5H3;3-4H,2H2,1H3. The summed E-state index contributed by atoms with van der Waals surface area (Å²) < 4.78 is 0. The molecule has 0 radical (unpaired) electrons. The van der Waals surface area contributed by atoms with E-state index in [1.165, 1.54) is 13.1 Å². The zero-order valence-corrected chi connectivity index (χ0v) is 9.94. The van der Waals surface area contributed by atoms with E-state index in [4.69, 9.17) is 0 Å². The molecule has 0 amide bonds. The molecule has 1 unspecified atom stereocenters. The van der Waals surface area contributed by atoms with Crippen LogP contribution in [-0.2, 0) is 0 Å². The van der Waals surface area contributed by atoms with Crippen molar-refractivity contribution in [2.24, 2.45) is 5.41 Å². The first-order valence-corrected chi connectivity index (χ1v) is 5.22. The van der Waals surface area contributed by atoms with Crippen molar-refractivity contribution in [3.05, 3.63) is 0 Å². The molecule has 78 valence electrons. The van der Waals surface area contributed by atoms with Crippen molar-refractivity contribution in [1.82, 2.24) is 10.2 Å². The number of hydrogen-bond donors (Lipinski definition) is 1. The predicted octanol–water partition coefficient (Wildman–Crippen LogP) is 1.71. The highest BCUT2D eigenvalue weighted by Gasteiger charge is 2.49. The van der Waals surface area contributed by atoms with Gasteiger partial charge in [0.2, 0.25) is 0 Å². The largest absolute Gasteiger partial charge is 0.311 e. The highest BCUT2D eigenvalue weighted by atomic mass is 15.3. The van der Waals surface area contributed by atoms with Crippen molar-refractivity contribution in [3.8, 4) is 0 Å². The molecule has 2 fully saturated rings. The second kappa shape index (κ2) is 3.25. The smallest absolute Gasteiger partial charge is 0.0213 e. The Kier molecular flexibility index (Phi) is 2.75. The quantitative estimate of drug-likeness (QED) is 0.580. The van der Waals surface area contributed by atoms with E-state index in [1.54, 1.807) is 0 Å². The molecule has 0 aliphatic carbocycles. The van der Waals surface area contributed by atoms with Gasteiger partial charge in [-0.15, -0.1) is 0 Å². The third-order valence-corrected chi connectivity index (χ3v) is 3.86. The Bertz CT molecular complexity index is 181. The van der Waals surface area contributed by atoms with E-state index in [0.717, 1.165) is 6.04 Å². The van der Waals surface area contributed by atoms with Crippen molar-refractivity contribution in [2.45, 2.75) is 46.2 Å². The number of nitrogens with one attached hydrogen (secondary N) is 1. The van der Waals surface area contributed by atoms with Gasteiger partial charge < -0.3 is 10.2 Å². The van der Waals surface area contributed by atoms with Gasteiger partial charge in [0.05, 0.1) is 0 Å². The van der Waals surface area contributed by atoms with Crippen LogP contribution in [0.15, 0.2) is 0 Å². The van der Waals surface area contributed by atoms with Gasteiger partial charge >= 0.3 is 0 Å². The lowest BCUT2D eigenvalue weighted by Gasteiger charge is -2.60. The number of rotatable bonds is 0. The van der Waals surface area contributed by atoms with E-state index < -0.39 is 0 Å². The van der Waals surface area contributed by atoms with Crippen LogP contribution in [0.25, 0.3) is 0 Å². The minimum Gasteiger partial charge on any atom is -0.311 e.